The second-order valence-electron chi connectivity index (χ2n) is 6.42. The summed E-state index contributed by atoms with van der Waals surface area (Å²) in [6.45, 7) is 9.97. The molecule has 2 rings (SSSR count). The Bertz CT molecular complexity index is 551. The maximum Gasteiger partial charge on any atom is 0.492 e. The van der Waals surface area contributed by atoms with Gasteiger partial charge in [0.25, 0.3) is 0 Å². The predicted molar refractivity (Wildman–Crippen MR) is 90.0 cm³/mol. The summed E-state index contributed by atoms with van der Waals surface area (Å²) in [4.78, 5) is 0. The van der Waals surface area contributed by atoms with E-state index in [1.807, 2.05) is 58.9 Å². The van der Waals surface area contributed by atoms with Crippen LogP contribution in [0.2, 0.25) is 0 Å². The fourth-order valence-corrected chi connectivity index (χ4v) is 2.54. The standard InChI is InChI=1S/C16H22BBrO3/c1-11-12(7-6-8-14(11)18)9-13(10-19)17-20-15(2,3)16(4,5)21-17/h6-9,19H,10H2,1-5H3. The summed E-state index contributed by atoms with van der Waals surface area (Å²) in [6.07, 6.45) is 1.95. The van der Waals surface area contributed by atoms with Gasteiger partial charge >= 0.3 is 7.12 Å². The molecule has 1 heterocycles. The van der Waals surface area contributed by atoms with Crippen LogP contribution in [-0.2, 0) is 9.31 Å². The van der Waals surface area contributed by atoms with Crippen molar-refractivity contribution in [2.75, 3.05) is 6.61 Å². The maximum atomic E-state index is 9.71. The van der Waals surface area contributed by atoms with Crippen LogP contribution in [0.4, 0.5) is 0 Å². The molecular weight excluding hydrogens is 331 g/mol. The normalized spacial score (nSPS) is 20.9. The van der Waals surface area contributed by atoms with E-state index < -0.39 is 18.3 Å². The van der Waals surface area contributed by atoms with Crippen LogP contribution in [0.25, 0.3) is 6.08 Å². The smallest absolute Gasteiger partial charge is 0.400 e. The van der Waals surface area contributed by atoms with Gasteiger partial charge in [-0.05, 0) is 57.3 Å². The zero-order valence-electron chi connectivity index (χ0n) is 13.2. The minimum atomic E-state index is -0.515. The molecule has 114 valence electrons. The van der Waals surface area contributed by atoms with Gasteiger partial charge in [-0.25, -0.2) is 0 Å². The van der Waals surface area contributed by atoms with Gasteiger partial charge in [-0.15, -0.1) is 0 Å². The number of hydrogen-bond donors (Lipinski definition) is 1. The number of benzene rings is 1. The van der Waals surface area contributed by atoms with E-state index in [1.54, 1.807) is 0 Å². The molecule has 3 nitrogen and oxygen atoms in total. The first-order chi connectivity index (χ1) is 9.68. The molecule has 0 unspecified atom stereocenters. The van der Waals surface area contributed by atoms with Crippen molar-refractivity contribution in [1.82, 2.24) is 0 Å². The monoisotopic (exact) mass is 352 g/mol. The molecular formula is C16H22BBrO3. The Labute approximate surface area is 135 Å². The van der Waals surface area contributed by atoms with Crippen molar-refractivity contribution in [1.29, 1.82) is 0 Å². The van der Waals surface area contributed by atoms with Crippen molar-refractivity contribution in [2.45, 2.75) is 45.8 Å². The van der Waals surface area contributed by atoms with Crippen molar-refractivity contribution in [2.24, 2.45) is 0 Å². The zero-order valence-corrected chi connectivity index (χ0v) is 14.8. The van der Waals surface area contributed by atoms with Gasteiger partial charge in [-0.1, -0.05) is 34.1 Å². The quantitative estimate of drug-likeness (QED) is 0.841. The van der Waals surface area contributed by atoms with E-state index in [-0.39, 0.29) is 6.61 Å². The Kier molecular flexibility index (Phi) is 4.69. The van der Waals surface area contributed by atoms with E-state index in [2.05, 4.69) is 15.9 Å². The minimum Gasteiger partial charge on any atom is -0.400 e. The highest BCUT2D eigenvalue weighted by Crippen LogP contribution is 2.38. The molecule has 0 aliphatic carbocycles. The molecule has 1 saturated heterocycles. The average Bonchev–Trinajstić information content (AvgIpc) is 2.60. The third-order valence-electron chi connectivity index (χ3n) is 4.39. The molecule has 1 aromatic rings. The van der Waals surface area contributed by atoms with Gasteiger partial charge in [0, 0.05) is 4.47 Å². The van der Waals surface area contributed by atoms with Crippen LogP contribution in [0.15, 0.2) is 28.1 Å². The topological polar surface area (TPSA) is 38.7 Å². The molecule has 0 aromatic heterocycles. The Morgan fingerprint density at radius 3 is 2.33 bits per heavy atom. The first-order valence-corrected chi connectivity index (χ1v) is 7.89. The highest BCUT2D eigenvalue weighted by atomic mass is 79.9. The van der Waals surface area contributed by atoms with Crippen LogP contribution >= 0.6 is 15.9 Å². The van der Waals surface area contributed by atoms with Crippen molar-refractivity contribution >= 4 is 29.1 Å². The summed E-state index contributed by atoms with van der Waals surface area (Å²) in [6, 6.07) is 5.99. The number of hydrogen-bond acceptors (Lipinski definition) is 3. The summed E-state index contributed by atoms with van der Waals surface area (Å²) >= 11 is 3.52. The van der Waals surface area contributed by atoms with Crippen molar-refractivity contribution in [3.8, 4) is 0 Å². The van der Waals surface area contributed by atoms with E-state index >= 15 is 0 Å². The second-order valence-corrected chi connectivity index (χ2v) is 7.27. The fourth-order valence-electron chi connectivity index (χ4n) is 2.16. The molecule has 0 atom stereocenters. The number of aliphatic hydroxyl groups is 1. The van der Waals surface area contributed by atoms with Gasteiger partial charge in [-0.2, -0.15) is 0 Å². The lowest BCUT2D eigenvalue weighted by atomic mass is 9.77. The van der Waals surface area contributed by atoms with Gasteiger partial charge < -0.3 is 14.4 Å². The lowest BCUT2D eigenvalue weighted by Crippen LogP contribution is -2.41. The summed E-state index contributed by atoms with van der Waals surface area (Å²) in [5.74, 6) is 0. The zero-order chi connectivity index (χ0) is 15.8. The van der Waals surface area contributed by atoms with E-state index in [4.69, 9.17) is 9.31 Å². The molecule has 21 heavy (non-hydrogen) atoms. The number of rotatable bonds is 3. The Hall–Kier alpha value is -0.615. The van der Waals surface area contributed by atoms with Crippen LogP contribution in [0.1, 0.15) is 38.8 Å². The van der Waals surface area contributed by atoms with E-state index in [0.29, 0.717) is 0 Å². The van der Waals surface area contributed by atoms with E-state index in [1.165, 1.54) is 0 Å². The van der Waals surface area contributed by atoms with E-state index in [0.717, 1.165) is 21.1 Å². The molecule has 5 heteroatoms. The average molecular weight is 353 g/mol. The van der Waals surface area contributed by atoms with Gasteiger partial charge in [0.15, 0.2) is 0 Å². The summed E-state index contributed by atoms with van der Waals surface area (Å²) < 4.78 is 13.0. The van der Waals surface area contributed by atoms with Crippen molar-refractivity contribution in [3.63, 3.8) is 0 Å². The largest absolute Gasteiger partial charge is 0.492 e. The molecule has 0 radical (unpaired) electrons. The lowest BCUT2D eigenvalue weighted by Gasteiger charge is -2.32. The molecule has 0 amide bonds. The predicted octanol–water partition coefficient (Wildman–Crippen LogP) is 3.76. The van der Waals surface area contributed by atoms with Gasteiger partial charge in [-0.3, -0.25) is 0 Å². The SMILES string of the molecule is Cc1c(Br)cccc1C=C(CO)B1OC(C)(C)C(C)(C)O1. The molecule has 1 aromatic carbocycles. The van der Waals surface area contributed by atoms with E-state index in [9.17, 15) is 5.11 Å². The third kappa shape index (κ3) is 3.26. The molecule has 0 spiro atoms. The second kappa shape index (κ2) is 5.88. The molecule has 1 aliphatic rings. The van der Waals surface area contributed by atoms with Crippen LogP contribution in [-0.4, -0.2) is 30.0 Å². The molecule has 0 saturated carbocycles. The Balaban J connectivity index is 2.33. The third-order valence-corrected chi connectivity index (χ3v) is 5.25. The summed E-state index contributed by atoms with van der Waals surface area (Å²) in [7, 11) is -0.515. The highest BCUT2D eigenvalue weighted by Gasteiger charge is 2.52. The van der Waals surface area contributed by atoms with Crippen LogP contribution in [0.5, 0.6) is 0 Å². The van der Waals surface area contributed by atoms with Gasteiger partial charge in [0.2, 0.25) is 0 Å². The minimum absolute atomic E-state index is 0.0945. The van der Waals surface area contributed by atoms with Gasteiger partial charge in [0.05, 0.1) is 17.8 Å². The van der Waals surface area contributed by atoms with Crippen molar-refractivity contribution in [3.05, 3.63) is 39.3 Å². The van der Waals surface area contributed by atoms with Gasteiger partial charge in [0.1, 0.15) is 0 Å². The fraction of sp³-hybridized carbons (Fsp3) is 0.500. The Morgan fingerprint density at radius 2 is 1.81 bits per heavy atom. The molecule has 0 bridgehead atoms. The van der Waals surface area contributed by atoms with Crippen LogP contribution < -0.4 is 0 Å². The van der Waals surface area contributed by atoms with Crippen LogP contribution in [0.3, 0.4) is 0 Å². The first-order valence-electron chi connectivity index (χ1n) is 7.10. The first kappa shape index (κ1) is 16.8. The highest BCUT2D eigenvalue weighted by molar-refractivity contribution is 9.10. The lowest BCUT2D eigenvalue weighted by molar-refractivity contribution is 0.00578. The molecule has 1 N–H and O–H groups in total. The molecule has 1 fully saturated rings. The maximum absolute atomic E-state index is 9.71. The van der Waals surface area contributed by atoms with Crippen molar-refractivity contribution < 1.29 is 14.4 Å². The number of aliphatic hydroxyl groups excluding tert-OH is 1. The number of halogens is 1. The van der Waals surface area contributed by atoms with Crippen LogP contribution in [0, 0.1) is 6.92 Å². The summed E-state index contributed by atoms with van der Waals surface area (Å²) in [5, 5.41) is 9.71. The molecule has 1 aliphatic heterocycles. The summed E-state index contributed by atoms with van der Waals surface area (Å²) in [5.41, 5.74) is 2.09. The Morgan fingerprint density at radius 1 is 1.24 bits per heavy atom.